The van der Waals surface area contributed by atoms with Crippen LogP contribution in [0.15, 0.2) is 18.2 Å². The Kier molecular flexibility index (Phi) is 3.72. The van der Waals surface area contributed by atoms with Crippen molar-refractivity contribution >= 4 is 5.91 Å². The van der Waals surface area contributed by atoms with Crippen LogP contribution in [-0.2, 0) is 4.79 Å². The van der Waals surface area contributed by atoms with E-state index in [1.807, 2.05) is 25.2 Å². The van der Waals surface area contributed by atoms with E-state index in [0.29, 0.717) is 12.4 Å². The van der Waals surface area contributed by atoms with E-state index in [1.165, 1.54) is 0 Å². The van der Waals surface area contributed by atoms with Crippen LogP contribution in [0.25, 0.3) is 0 Å². The molecule has 1 aromatic carbocycles. The molecule has 1 aliphatic heterocycles. The van der Waals surface area contributed by atoms with Crippen LogP contribution < -0.4 is 20.5 Å². The number of carbonyl (C=O) groups excluding carboxylic acids is 1. The number of rotatable bonds is 5. The van der Waals surface area contributed by atoms with Crippen LogP contribution in [0, 0.1) is 5.92 Å². The second-order valence-corrected chi connectivity index (χ2v) is 4.47. The molecule has 0 radical (unpaired) electrons. The van der Waals surface area contributed by atoms with Crippen molar-refractivity contribution in [1.29, 1.82) is 0 Å². The van der Waals surface area contributed by atoms with Gasteiger partial charge in [-0.15, -0.1) is 0 Å². The largest absolute Gasteiger partial charge is 0.493 e. The number of hydrogen-bond acceptors (Lipinski definition) is 4. The van der Waals surface area contributed by atoms with Gasteiger partial charge < -0.3 is 20.5 Å². The first-order valence-electron chi connectivity index (χ1n) is 5.98. The summed E-state index contributed by atoms with van der Waals surface area (Å²) in [5.74, 6) is 0.865. The third kappa shape index (κ3) is 2.56. The zero-order valence-corrected chi connectivity index (χ0v) is 10.6. The molecule has 0 aliphatic carbocycles. The quantitative estimate of drug-likeness (QED) is 0.812. The first kappa shape index (κ1) is 12.7. The van der Waals surface area contributed by atoms with E-state index in [4.69, 9.17) is 15.2 Å². The third-order valence-electron chi connectivity index (χ3n) is 3.10. The Morgan fingerprint density at radius 1 is 1.67 bits per heavy atom. The summed E-state index contributed by atoms with van der Waals surface area (Å²) in [5.41, 5.74) is 6.31. The van der Waals surface area contributed by atoms with Crippen molar-refractivity contribution in [3.05, 3.63) is 23.8 Å². The molecule has 0 saturated heterocycles. The van der Waals surface area contributed by atoms with Crippen LogP contribution in [0.1, 0.15) is 18.5 Å². The van der Waals surface area contributed by atoms with Crippen molar-refractivity contribution in [3.8, 4) is 11.5 Å². The van der Waals surface area contributed by atoms with E-state index in [-0.39, 0.29) is 24.5 Å². The predicted molar refractivity (Wildman–Crippen MR) is 67.6 cm³/mol. The van der Waals surface area contributed by atoms with Crippen molar-refractivity contribution in [3.63, 3.8) is 0 Å². The predicted octanol–water partition coefficient (Wildman–Crippen LogP) is 0.840. The molecule has 2 atom stereocenters. The highest BCUT2D eigenvalue weighted by Crippen LogP contribution is 2.35. The van der Waals surface area contributed by atoms with Gasteiger partial charge in [0.1, 0.15) is 18.1 Å². The summed E-state index contributed by atoms with van der Waals surface area (Å²) < 4.78 is 11.1. The molecule has 2 unspecified atom stereocenters. The smallest absolute Gasteiger partial charge is 0.223 e. The van der Waals surface area contributed by atoms with Crippen LogP contribution in [0.2, 0.25) is 0 Å². The number of fused-ring (bicyclic) bond motifs is 1. The third-order valence-corrected chi connectivity index (χ3v) is 3.10. The highest BCUT2D eigenvalue weighted by Gasteiger charge is 2.23. The number of nitrogens with two attached hydrogens (primary N) is 1. The van der Waals surface area contributed by atoms with Crippen molar-refractivity contribution in [1.82, 2.24) is 5.32 Å². The van der Waals surface area contributed by atoms with Gasteiger partial charge in [-0.2, -0.15) is 0 Å². The normalized spacial score (nSPS) is 18.9. The van der Waals surface area contributed by atoms with Crippen molar-refractivity contribution in [2.45, 2.75) is 13.0 Å². The first-order chi connectivity index (χ1) is 8.61. The topological polar surface area (TPSA) is 73.6 Å². The van der Waals surface area contributed by atoms with Gasteiger partial charge in [-0.1, -0.05) is 6.92 Å². The molecule has 0 aromatic heterocycles. The fourth-order valence-corrected chi connectivity index (χ4v) is 1.82. The molecule has 1 aromatic rings. The summed E-state index contributed by atoms with van der Waals surface area (Å²) in [5, 5.41) is 3.18. The Morgan fingerprint density at radius 3 is 3.11 bits per heavy atom. The number of amides is 1. The SMILES string of the molecule is CNC1COc2cc(OCC(C)C(N)=O)ccc21. The van der Waals surface area contributed by atoms with Gasteiger partial charge in [0, 0.05) is 11.6 Å². The average Bonchev–Trinajstić information content (AvgIpc) is 2.77. The molecule has 5 heteroatoms. The number of benzene rings is 1. The number of hydrogen-bond donors (Lipinski definition) is 2. The van der Waals surface area contributed by atoms with Crippen molar-refractivity contribution in [2.75, 3.05) is 20.3 Å². The second-order valence-electron chi connectivity index (χ2n) is 4.47. The fourth-order valence-electron chi connectivity index (χ4n) is 1.82. The molecule has 0 fully saturated rings. The molecule has 5 nitrogen and oxygen atoms in total. The number of nitrogens with one attached hydrogen (secondary N) is 1. The van der Waals surface area contributed by atoms with E-state index >= 15 is 0 Å². The van der Waals surface area contributed by atoms with Gasteiger partial charge >= 0.3 is 0 Å². The summed E-state index contributed by atoms with van der Waals surface area (Å²) in [7, 11) is 1.90. The summed E-state index contributed by atoms with van der Waals surface area (Å²) >= 11 is 0. The molecule has 0 saturated carbocycles. The van der Waals surface area contributed by atoms with Crippen LogP contribution in [0.3, 0.4) is 0 Å². The van der Waals surface area contributed by atoms with Gasteiger partial charge in [-0.05, 0) is 19.2 Å². The fraction of sp³-hybridized carbons (Fsp3) is 0.462. The number of likely N-dealkylation sites (N-methyl/N-ethyl adjacent to an activating group) is 1. The molecule has 2 rings (SSSR count). The maximum absolute atomic E-state index is 10.9. The Balaban J connectivity index is 2.02. The standard InChI is InChI=1S/C13H18N2O3/c1-8(13(14)16)6-17-9-3-4-10-11(15-2)7-18-12(10)5-9/h3-5,8,11,15H,6-7H2,1-2H3,(H2,14,16). The van der Waals surface area contributed by atoms with Crippen LogP contribution in [-0.4, -0.2) is 26.2 Å². The van der Waals surface area contributed by atoms with E-state index in [1.54, 1.807) is 6.92 Å². The van der Waals surface area contributed by atoms with E-state index < -0.39 is 0 Å². The Morgan fingerprint density at radius 2 is 2.44 bits per heavy atom. The molecule has 3 N–H and O–H groups in total. The lowest BCUT2D eigenvalue weighted by Gasteiger charge is -2.11. The van der Waals surface area contributed by atoms with Gasteiger partial charge in [-0.3, -0.25) is 4.79 Å². The molecule has 0 bridgehead atoms. The lowest BCUT2D eigenvalue weighted by Crippen LogP contribution is -2.25. The minimum Gasteiger partial charge on any atom is -0.493 e. The number of ether oxygens (including phenoxy) is 2. The molecule has 1 aliphatic rings. The minimum absolute atomic E-state index is 0.235. The lowest BCUT2D eigenvalue weighted by atomic mass is 10.1. The average molecular weight is 250 g/mol. The molecular weight excluding hydrogens is 232 g/mol. The van der Waals surface area contributed by atoms with Gasteiger partial charge in [0.2, 0.25) is 5.91 Å². The van der Waals surface area contributed by atoms with Crippen molar-refractivity contribution in [2.24, 2.45) is 11.7 Å². The first-order valence-corrected chi connectivity index (χ1v) is 5.98. The minimum atomic E-state index is -0.359. The highest BCUT2D eigenvalue weighted by molar-refractivity contribution is 5.76. The van der Waals surface area contributed by atoms with E-state index in [9.17, 15) is 4.79 Å². The summed E-state index contributed by atoms with van der Waals surface area (Å²) in [6.07, 6.45) is 0. The molecule has 18 heavy (non-hydrogen) atoms. The van der Waals surface area contributed by atoms with Gasteiger partial charge in [0.15, 0.2) is 0 Å². The molecule has 0 spiro atoms. The molecular formula is C13H18N2O3. The van der Waals surface area contributed by atoms with E-state index in [0.717, 1.165) is 11.3 Å². The van der Waals surface area contributed by atoms with Crippen molar-refractivity contribution < 1.29 is 14.3 Å². The van der Waals surface area contributed by atoms with Gasteiger partial charge in [0.05, 0.1) is 18.6 Å². The van der Waals surface area contributed by atoms with Gasteiger partial charge in [0.25, 0.3) is 0 Å². The second kappa shape index (κ2) is 5.27. The molecule has 98 valence electrons. The zero-order chi connectivity index (χ0) is 13.1. The Bertz CT molecular complexity index is 448. The lowest BCUT2D eigenvalue weighted by molar-refractivity contribution is -0.122. The van der Waals surface area contributed by atoms with Crippen LogP contribution in [0.4, 0.5) is 0 Å². The molecule has 1 amide bonds. The number of primary amides is 1. The monoisotopic (exact) mass is 250 g/mol. The Hall–Kier alpha value is -1.75. The summed E-state index contributed by atoms with van der Waals surface area (Å²) in [4.78, 5) is 10.9. The zero-order valence-electron chi connectivity index (χ0n) is 10.6. The maximum atomic E-state index is 10.9. The maximum Gasteiger partial charge on any atom is 0.223 e. The Labute approximate surface area is 106 Å². The molecule has 1 heterocycles. The summed E-state index contributed by atoms with van der Waals surface area (Å²) in [6.45, 7) is 2.65. The van der Waals surface area contributed by atoms with E-state index in [2.05, 4.69) is 5.32 Å². The summed E-state index contributed by atoms with van der Waals surface area (Å²) in [6, 6.07) is 5.94. The number of carbonyl (C=O) groups is 1. The van der Waals surface area contributed by atoms with Crippen LogP contribution in [0.5, 0.6) is 11.5 Å². The van der Waals surface area contributed by atoms with Crippen LogP contribution >= 0.6 is 0 Å². The highest BCUT2D eigenvalue weighted by atomic mass is 16.5. The van der Waals surface area contributed by atoms with Gasteiger partial charge in [-0.25, -0.2) is 0 Å².